The minimum atomic E-state index is -0.485. The zero-order chi connectivity index (χ0) is 14.0. The Hall–Kier alpha value is -2.18. The lowest BCUT2D eigenvalue weighted by Crippen LogP contribution is -2.24. The standard InChI is InChI=1S/C12H15N3O4/c1-8-6-14(7-10(8)12(16)19-2)11-4-3-9(5-13-11)15(17)18/h3-5,8,10H,6-7H2,1-2H3. The molecule has 2 unspecified atom stereocenters. The highest BCUT2D eigenvalue weighted by Gasteiger charge is 2.36. The zero-order valence-electron chi connectivity index (χ0n) is 10.8. The number of carbonyl (C=O) groups is 1. The van der Waals surface area contributed by atoms with Crippen molar-refractivity contribution in [3.8, 4) is 0 Å². The van der Waals surface area contributed by atoms with Crippen molar-refractivity contribution in [1.29, 1.82) is 0 Å². The third-order valence-electron chi connectivity index (χ3n) is 3.38. The summed E-state index contributed by atoms with van der Waals surface area (Å²) in [6, 6.07) is 3.02. The maximum Gasteiger partial charge on any atom is 0.310 e. The van der Waals surface area contributed by atoms with Gasteiger partial charge in [0, 0.05) is 19.2 Å². The van der Waals surface area contributed by atoms with Crippen LogP contribution in [0.2, 0.25) is 0 Å². The molecule has 0 N–H and O–H groups in total. The van der Waals surface area contributed by atoms with E-state index in [0.29, 0.717) is 18.9 Å². The topological polar surface area (TPSA) is 85.6 Å². The molecule has 1 saturated heterocycles. The van der Waals surface area contributed by atoms with Crippen molar-refractivity contribution in [3.05, 3.63) is 28.4 Å². The Kier molecular flexibility index (Phi) is 3.64. The second kappa shape index (κ2) is 5.21. The minimum absolute atomic E-state index is 0.0412. The monoisotopic (exact) mass is 265 g/mol. The molecule has 2 heterocycles. The Morgan fingerprint density at radius 1 is 1.53 bits per heavy atom. The lowest BCUT2D eigenvalue weighted by atomic mass is 9.99. The number of hydrogen-bond acceptors (Lipinski definition) is 6. The molecule has 1 aromatic rings. The lowest BCUT2D eigenvalue weighted by molar-refractivity contribution is -0.385. The highest BCUT2D eigenvalue weighted by molar-refractivity contribution is 5.74. The van der Waals surface area contributed by atoms with Crippen LogP contribution in [-0.2, 0) is 9.53 Å². The van der Waals surface area contributed by atoms with Gasteiger partial charge in [-0.2, -0.15) is 0 Å². The number of nitro groups is 1. The molecule has 2 rings (SSSR count). The number of esters is 1. The molecule has 0 saturated carbocycles. The second-order valence-corrected chi connectivity index (χ2v) is 4.64. The van der Waals surface area contributed by atoms with Crippen LogP contribution in [0.1, 0.15) is 6.92 Å². The molecule has 0 amide bonds. The summed E-state index contributed by atoms with van der Waals surface area (Å²) in [4.78, 5) is 27.7. The molecule has 1 aromatic heterocycles. The van der Waals surface area contributed by atoms with Gasteiger partial charge < -0.3 is 9.64 Å². The third-order valence-corrected chi connectivity index (χ3v) is 3.38. The fraction of sp³-hybridized carbons (Fsp3) is 0.500. The molecular weight excluding hydrogens is 250 g/mol. The summed E-state index contributed by atoms with van der Waals surface area (Å²) in [6.07, 6.45) is 1.23. The zero-order valence-corrected chi connectivity index (χ0v) is 10.8. The molecule has 0 spiro atoms. The van der Waals surface area contributed by atoms with Gasteiger partial charge in [0.2, 0.25) is 0 Å². The van der Waals surface area contributed by atoms with Crippen LogP contribution < -0.4 is 4.90 Å². The largest absolute Gasteiger partial charge is 0.469 e. The van der Waals surface area contributed by atoms with E-state index in [1.165, 1.54) is 19.4 Å². The summed E-state index contributed by atoms with van der Waals surface area (Å²) < 4.78 is 4.76. The fourth-order valence-electron chi connectivity index (χ4n) is 2.29. The van der Waals surface area contributed by atoms with E-state index in [0.717, 1.165) is 0 Å². The van der Waals surface area contributed by atoms with Gasteiger partial charge in [0.05, 0.1) is 18.0 Å². The molecule has 7 nitrogen and oxygen atoms in total. The van der Waals surface area contributed by atoms with Crippen LogP contribution in [0.25, 0.3) is 0 Å². The average molecular weight is 265 g/mol. The third kappa shape index (κ3) is 2.64. The van der Waals surface area contributed by atoms with Crippen LogP contribution >= 0.6 is 0 Å². The van der Waals surface area contributed by atoms with Gasteiger partial charge >= 0.3 is 5.97 Å². The maximum atomic E-state index is 11.6. The lowest BCUT2D eigenvalue weighted by Gasteiger charge is -2.16. The number of carbonyl (C=O) groups excluding carboxylic acids is 1. The van der Waals surface area contributed by atoms with Crippen molar-refractivity contribution in [1.82, 2.24) is 4.98 Å². The summed E-state index contributed by atoms with van der Waals surface area (Å²) in [6.45, 7) is 3.19. The van der Waals surface area contributed by atoms with Gasteiger partial charge in [0.1, 0.15) is 12.0 Å². The molecule has 2 atom stereocenters. The van der Waals surface area contributed by atoms with E-state index < -0.39 is 4.92 Å². The molecule has 7 heteroatoms. The van der Waals surface area contributed by atoms with E-state index in [9.17, 15) is 14.9 Å². The minimum Gasteiger partial charge on any atom is -0.469 e. The predicted molar refractivity (Wildman–Crippen MR) is 67.8 cm³/mol. The van der Waals surface area contributed by atoms with Crippen LogP contribution in [0.4, 0.5) is 11.5 Å². The Balaban J connectivity index is 2.11. The first-order valence-electron chi connectivity index (χ1n) is 5.96. The van der Waals surface area contributed by atoms with Crippen LogP contribution in [-0.4, -0.2) is 36.1 Å². The average Bonchev–Trinajstić information content (AvgIpc) is 2.80. The SMILES string of the molecule is COC(=O)C1CN(c2ccc([N+](=O)[O-])cn2)CC1C. The number of aromatic nitrogens is 1. The van der Waals surface area contributed by atoms with Crippen LogP contribution in [0.15, 0.2) is 18.3 Å². The molecule has 19 heavy (non-hydrogen) atoms. The fourth-order valence-corrected chi connectivity index (χ4v) is 2.29. The second-order valence-electron chi connectivity index (χ2n) is 4.64. The molecule has 0 aliphatic carbocycles. The summed E-state index contributed by atoms with van der Waals surface area (Å²) >= 11 is 0. The molecule has 0 radical (unpaired) electrons. The van der Waals surface area contributed by atoms with Crippen molar-refractivity contribution in [2.45, 2.75) is 6.92 Å². The highest BCUT2D eigenvalue weighted by Crippen LogP contribution is 2.28. The first-order chi connectivity index (χ1) is 9.02. The van der Waals surface area contributed by atoms with Gasteiger partial charge in [-0.25, -0.2) is 4.98 Å². The van der Waals surface area contributed by atoms with E-state index in [4.69, 9.17) is 4.74 Å². The van der Waals surface area contributed by atoms with Gasteiger partial charge in [-0.15, -0.1) is 0 Å². The number of methoxy groups -OCH3 is 1. The Morgan fingerprint density at radius 3 is 2.79 bits per heavy atom. The number of anilines is 1. The number of hydrogen-bond donors (Lipinski definition) is 0. The van der Waals surface area contributed by atoms with Crippen molar-refractivity contribution < 1.29 is 14.5 Å². The predicted octanol–water partition coefficient (Wildman–Crippen LogP) is 1.24. The van der Waals surface area contributed by atoms with Crippen LogP contribution in [0.5, 0.6) is 0 Å². The summed E-state index contributed by atoms with van der Waals surface area (Å²) in [5.41, 5.74) is -0.0412. The molecule has 1 aliphatic heterocycles. The molecule has 1 fully saturated rings. The first-order valence-corrected chi connectivity index (χ1v) is 5.96. The Morgan fingerprint density at radius 2 is 2.26 bits per heavy atom. The molecule has 102 valence electrons. The van der Waals surface area contributed by atoms with Crippen LogP contribution in [0.3, 0.4) is 0 Å². The van der Waals surface area contributed by atoms with Crippen molar-refractivity contribution in [3.63, 3.8) is 0 Å². The highest BCUT2D eigenvalue weighted by atomic mass is 16.6. The van der Waals surface area contributed by atoms with E-state index in [1.54, 1.807) is 6.07 Å². The first kappa shape index (κ1) is 13.3. The Bertz CT molecular complexity index is 488. The number of pyridine rings is 1. The van der Waals surface area contributed by atoms with Crippen molar-refractivity contribution in [2.24, 2.45) is 11.8 Å². The van der Waals surface area contributed by atoms with Crippen molar-refractivity contribution >= 4 is 17.5 Å². The van der Waals surface area contributed by atoms with E-state index >= 15 is 0 Å². The van der Waals surface area contributed by atoms with Gasteiger partial charge in [-0.1, -0.05) is 6.92 Å². The number of nitrogens with zero attached hydrogens (tertiary/aromatic N) is 3. The van der Waals surface area contributed by atoms with Crippen LogP contribution in [0, 0.1) is 22.0 Å². The summed E-state index contributed by atoms with van der Waals surface area (Å²) in [5.74, 6) is 0.409. The molecular formula is C12H15N3O4. The maximum absolute atomic E-state index is 11.6. The smallest absolute Gasteiger partial charge is 0.310 e. The molecule has 1 aliphatic rings. The molecule has 0 aromatic carbocycles. The van der Waals surface area contributed by atoms with E-state index in [1.807, 2.05) is 11.8 Å². The van der Waals surface area contributed by atoms with Gasteiger partial charge in [-0.05, 0) is 12.0 Å². The summed E-state index contributed by atoms with van der Waals surface area (Å²) in [7, 11) is 1.38. The van der Waals surface area contributed by atoms with Gasteiger partial charge in [0.15, 0.2) is 0 Å². The normalized spacial score (nSPS) is 22.3. The molecule has 0 bridgehead atoms. The van der Waals surface area contributed by atoms with Gasteiger partial charge in [0.25, 0.3) is 5.69 Å². The Labute approximate surface area is 110 Å². The quantitative estimate of drug-likeness (QED) is 0.464. The number of ether oxygens (including phenoxy) is 1. The van der Waals surface area contributed by atoms with E-state index in [2.05, 4.69) is 4.98 Å². The van der Waals surface area contributed by atoms with Gasteiger partial charge in [-0.3, -0.25) is 14.9 Å². The van der Waals surface area contributed by atoms with Crippen molar-refractivity contribution in [2.75, 3.05) is 25.1 Å². The summed E-state index contributed by atoms with van der Waals surface area (Å²) in [5, 5.41) is 10.6. The van der Waals surface area contributed by atoms with E-state index in [-0.39, 0.29) is 23.5 Å². The number of rotatable bonds is 3.